The predicted octanol–water partition coefficient (Wildman–Crippen LogP) is 1.64. The van der Waals surface area contributed by atoms with E-state index in [9.17, 15) is 28.8 Å². The van der Waals surface area contributed by atoms with E-state index in [1.807, 2.05) is 5.43 Å². The first-order valence-corrected chi connectivity index (χ1v) is 15.8. The molecular formula is C26H48N6O10S2. The van der Waals surface area contributed by atoms with Gasteiger partial charge in [0.25, 0.3) is 17.4 Å². The number of hydrogen-bond acceptors (Lipinski definition) is 15. The molecular weight excluding hydrogens is 620 g/mol. The molecule has 0 aliphatic rings. The van der Waals surface area contributed by atoms with Gasteiger partial charge in [0.2, 0.25) is 0 Å². The van der Waals surface area contributed by atoms with Crippen molar-refractivity contribution in [3.05, 3.63) is 0 Å². The highest BCUT2D eigenvalue weighted by Crippen LogP contribution is 2.41. The number of imide groups is 1. The Bertz CT molecular complexity index is 1050. The van der Waals surface area contributed by atoms with Gasteiger partial charge in [-0.1, -0.05) is 21.6 Å². The maximum absolute atomic E-state index is 14.3. The van der Waals surface area contributed by atoms with E-state index in [0.29, 0.717) is 10.8 Å². The number of carbonyl (C=O) groups excluding carboxylic acids is 6. The zero-order chi connectivity index (χ0) is 35.1. The highest BCUT2D eigenvalue weighted by molar-refractivity contribution is 8.77. The number of esters is 2. The van der Waals surface area contributed by atoms with Gasteiger partial charge < -0.3 is 24.7 Å². The lowest BCUT2D eigenvalue weighted by Crippen LogP contribution is -2.75. The van der Waals surface area contributed by atoms with Crippen molar-refractivity contribution in [2.45, 2.75) is 122 Å². The van der Waals surface area contributed by atoms with Gasteiger partial charge in [0.05, 0.1) is 6.04 Å². The monoisotopic (exact) mass is 668 g/mol. The summed E-state index contributed by atoms with van der Waals surface area (Å²) < 4.78 is 22.0. The van der Waals surface area contributed by atoms with Crippen LogP contribution >= 0.6 is 21.6 Å². The molecule has 2 unspecified atom stereocenters. The van der Waals surface area contributed by atoms with Crippen molar-refractivity contribution in [2.24, 2.45) is 17.4 Å². The van der Waals surface area contributed by atoms with Crippen molar-refractivity contribution in [1.82, 2.24) is 15.8 Å². The molecule has 16 nitrogen and oxygen atoms in total. The molecule has 4 amide bonds. The van der Waals surface area contributed by atoms with E-state index in [2.05, 4.69) is 0 Å². The first kappa shape index (κ1) is 41.2. The number of hydrogen-bond donors (Lipinski definition) is 5. The van der Waals surface area contributed by atoms with Crippen LogP contribution in [0, 0.1) is 0 Å². The zero-order valence-electron chi connectivity index (χ0n) is 27.4. The molecule has 254 valence electrons. The van der Waals surface area contributed by atoms with E-state index >= 15 is 0 Å². The number of nitrogens with two attached hydrogens (primary N) is 3. The van der Waals surface area contributed by atoms with Gasteiger partial charge in [-0.3, -0.25) is 25.2 Å². The molecule has 0 aliphatic carbocycles. The highest BCUT2D eigenvalue weighted by Gasteiger charge is 2.68. The quantitative estimate of drug-likeness (QED) is 0.0422. The summed E-state index contributed by atoms with van der Waals surface area (Å²) in [6.45, 7) is 17.7. The first-order valence-electron chi connectivity index (χ1n) is 13.4. The van der Waals surface area contributed by atoms with Crippen LogP contribution in [0.4, 0.5) is 9.59 Å². The molecule has 0 aromatic carbocycles. The molecule has 0 spiro atoms. The fraction of sp³-hybridized carbons (Fsp3) is 0.769. The summed E-state index contributed by atoms with van der Waals surface area (Å²) in [6.07, 6.45) is -3.08. The highest BCUT2D eigenvalue weighted by atomic mass is 33.1. The number of nitrogens with zero attached hydrogens (tertiary/aromatic N) is 1. The van der Waals surface area contributed by atoms with Crippen LogP contribution in [0.15, 0.2) is 0 Å². The Morgan fingerprint density at radius 2 is 1.09 bits per heavy atom. The molecule has 3 atom stereocenters. The van der Waals surface area contributed by atoms with E-state index in [4.69, 9.17) is 36.4 Å². The molecule has 0 saturated carbocycles. The molecule has 0 fully saturated rings. The maximum Gasteiger partial charge on any atom is 0.421 e. The van der Waals surface area contributed by atoms with Crippen LogP contribution in [0.2, 0.25) is 0 Å². The molecule has 0 heterocycles. The number of hydrazine groups is 2. The van der Waals surface area contributed by atoms with E-state index in [1.54, 1.807) is 5.43 Å². The number of ether oxygens (including phenoxy) is 4. The van der Waals surface area contributed by atoms with Crippen molar-refractivity contribution >= 4 is 57.5 Å². The predicted molar refractivity (Wildman–Crippen MR) is 165 cm³/mol. The zero-order valence-corrected chi connectivity index (χ0v) is 29.1. The lowest BCUT2D eigenvalue weighted by atomic mass is 9.90. The molecule has 8 N–H and O–H groups in total. The first-order chi connectivity index (χ1) is 19.6. The van der Waals surface area contributed by atoms with Crippen LogP contribution in [-0.4, -0.2) is 85.8 Å². The second-order valence-corrected chi connectivity index (χ2v) is 16.0. The smallest absolute Gasteiger partial charge is 0.421 e. The Morgan fingerprint density at radius 1 is 0.682 bits per heavy atom. The lowest BCUT2D eigenvalue weighted by molar-refractivity contribution is -0.178. The maximum atomic E-state index is 14.3. The largest absolute Gasteiger partial charge is 0.459 e. The molecule has 0 radical (unpaired) electrons. The summed E-state index contributed by atoms with van der Waals surface area (Å²) in [6, 6.07) is -1.20. The Kier molecular flexibility index (Phi) is 14.5. The average molecular weight is 669 g/mol. The Morgan fingerprint density at radius 3 is 1.43 bits per heavy atom. The average Bonchev–Trinajstić information content (AvgIpc) is 2.79. The second kappa shape index (κ2) is 15.5. The third-order valence-corrected chi connectivity index (χ3v) is 7.33. The van der Waals surface area contributed by atoms with Crippen LogP contribution in [0.5, 0.6) is 0 Å². The third-order valence-electron chi connectivity index (χ3n) is 4.58. The summed E-state index contributed by atoms with van der Waals surface area (Å²) in [5.41, 5.74) is 1.18. The molecule has 44 heavy (non-hydrogen) atoms. The van der Waals surface area contributed by atoms with Gasteiger partial charge in [-0.25, -0.2) is 26.1 Å². The van der Waals surface area contributed by atoms with Crippen molar-refractivity contribution in [2.75, 3.05) is 5.75 Å². The van der Waals surface area contributed by atoms with Crippen molar-refractivity contribution < 1.29 is 47.7 Å². The summed E-state index contributed by atoms with van der Waals surface area (Å²) in [4.78, 5) is 81.9. The Balaban J connectivity index is 7.93. The number of rotatable bonds is 10. The van der Waals surface area contributed by atoms with Crippen molar-refractivity contribution in [3.63, 3.8) is 0 Å². The van der Waals surface area contributed by atoms with E-state index in [1.165, 1.54) is 83.1 Å². The van der Waals surface area contributed by atoms with E-state index < -0.39 is 75.2 Å². The number of nitrogens with one attached hydrogen (secondary N) is 2. The van der Waals surface area contributed by atoms with Crippen LogP contribution < -0.4 is 28.3 Å². The second-order valence-electron chi connectivity index (χ2n) is 13.4. The van der Waals surface area contributed by atoms with Gasteiger partial charge in [0.1, 0.15) is 22.4 Å². The summed E-state index contributed by atoms with van der Waals surface area (Å²) in [5.74, 6) is 5.43. The molecule has 0 saturated heterocycles. The molecule has 0 bridgehead atoms. The number of amides is 4. The van der Waals surface area contributed by atoms with Crippen molar-refractivity contribution in [3.8, 4) is 0 Å². The van der Waals surface area contributed by atoms with Gasteiger partial charge in [-0.15, -0.1) is 0 Å². The normalized spacial score (nSPS) is 15.1. The SMILES string of the molecule is CC(C)(C)OC(=O)C(SSCC(N)C(=O)NN)[C@](C(=O)NN)(C(=O)OC(C)(C)C)N(C(=O)OC(C)(C)C)C(=O)OC(C)(C)C. The van der Waals surface area contributed by atoms with Crippen molar-refractivity contribution in [1.29, 1.82) is 0 Å². The van der Waals surface area contributed by atoms with Gasteiger partial charge in [-0.2, -0.15) is 4.90 Å². The topological polar surface area (TPSA) is 245 Å². The Labute approximate surface area is 266 Å². The van der Waals surface area contributed by atoms with Crippen LogP contribution in [-0.2, 0) is 38.1 Å². The van der Waals surface area contributed by atoms with Gasteiger partial charge in [-0.05, 0) is 83.1 Å². The van der Waals surface area contributed by atoms with Crippen LogP contribution in [0.1, 0.15) is 83.1 Å². The van der Waals surface area contributed by atoms with Crippen LogP contribution in [0.25, 0.3) is 0 Å². The molecule has 18 heteroatoms. The minimum Gasteiger partial charge on any atom is -0.459 e. The standard InChI is InChI=1S/C26H48N6O10S2/c1-22(2,3)39-17(34)15(44-43-13-14(27)16(33)30-28)26(18(35)31-29,19(36)40-23(4,5)6)32(20(37)41-24(7,8)9)21(38)42-25(10,11)12/h14-15H,13,27-29H2,1-12H3,(H,30,33)(H,31,35)/t14?,15?,26-/m0/s1. The van der Waals surface area contributed by atoms with Gasteiger partial charge >= 0.3 is 24.1 Å². The fourth-order valence-electron chi connectivity index (χ4n) is 3.07. The Hall–Kier alpha value is -2.80. The minimum absolute atomic E-state index is 0.0639. The van der Waals surface area contributed by atoms with Gasteiger partial charge in [0.15, 0.2) is 5.25 Å². The van der Waals surface area contributed by atoms with Gasteiger partial charge in [0, 0.05) is 5.75 Å². The molecule has 0 aromatic heterocycles. The molecule has 0 aliphatic heterocycles. The lowest BCUT2D eigenvalue weighted by Gasteiger charge is -2.43. The summed E-state index contributed by atoms with van der Waals surface area (Å²) >= 11 is 0. The number of carbonyl (C=O) groups is 6. The minimum atomic E-state index is -3.24. The third kappa shape index (κ3) is 12.7. The molecule has 0 rings (SSSR count). The summed E-state index contributed by atoms with van der Waals surface area (Å²) in [7, 11) is 1.24. The van der Waals surface area contributed by atoms with Crippen LogP contribution in [0.3, 0.4) is 0 Å². The fourth-order valence-corrected chi connectivity index (χ4v) is 5.90. The van der Waals surface area contributed by atoms with E-state index in [0.717, 1.165) is 10.8 Å². The van der Waals surface area contributed by atoms with E-state index in [-0.39, 0.29) is 10.7 Å². The summed E-state index contributed by atoms with van der Waals surface area (Å²) in [5, 5.41) is -2.10. The molecule has 0 aromatic rings.